The van der Waals surface area contributed by atoms with Crippen LogP contribution in [-0.4, -0.2) is 9.13 Å². The van der Waals surface area contributed by atoms with Crippen LogP contribution < -0.4 is 0 Å². The molecule has 238 valence electrons. The molecule has 0 aliphatic heterocycles. The van der Waals surface area contributed by atoms with Gasteiger partial charge in [0.2, 0.25) is 0 Å². The lowest BCUT2D eigenvalue weighted by molar-refractivity contribution is 0.926. The fourth-order valence-electron chi connectivity index (χ4n) is 7.83. The number of hydrogen-bond acceptors (Lipinski definition) is 3. The van der Waals surface area contributed by atoms with Crippen molar-refractivity contribution in [3.63, 3.8) is 0 Å². The lowest BCUT2D eigenvalue weighted by Crippen LogP contribution is -2.07. The topological polar surface area (TPSA) is 81.2 Å². The number of allylic oxidation sites excluding steroid dienone is 7. The van der Waals surface area contributed by atoms with Crippen molar-refractivity contribution in [3.05, 3.63) is 167 Å². The fourth-order valence-corrected chi connectivity index (χ4v) is 7.83. The van der Waals surface area contributed by atoms with Gasteiger partial charge in [-0.25, -0.2) is 0 Å². The van der Waals surface area contributed by atoms with Gasteiger partial charge in [0.05, 0.1) is 51.1 Å². The second kappa shape index (κ2) is 12.1. The second-order valence-corrected chi connectivity index (χ2v) is 12.9. The quantitative estimate of drug-likeness (QED) is 0.190. The van der Waals surface area contributed by atoms with E-state index in [0.29, 0.717) is 16.7 Å². The zero-order chi connectivity index (χ0) is 34.5. The molecule has 7 aromatic rings. The van der Waals surface area contributed by atoms with Gasteiger partial charge >= 0.3 is 0 Å². The van der Waals surface area contributed by atoms with Crippen LogP contribution in [0.3, 0.4) is 0 Å². The summed E-state index contributed by atoms with van der Waals surface area (Å²) in [5.74, 6) is 0. The first-order chi connectivity index (χ1) is 25.2. The average Bonchev–Trinajstić information content (AvgIpc) is 3.56. The van der Waals surface area contributed by atoms with E-state index in [4.69, 9.17) is 0 Å². The molecule has 51 heavy (non-hydrogen) atoms. The molecule has 2 aliphatic rings. The Kier molecular flexibility index (Phi) is 7.10. The molecule has 5 heteroatoms. The summed E-state index contributed by atoms with van der Waals surface area (Å²) in [4.78, 5) is 0. The highest BCUT2D eigenvalue weighted by Crippen LogP contribution is 2.40. The number of aromatic nitrogens is 2. The minimum absolute atomic E-state index is 0.576. The minimum Gasteiger partial charge on any atom is -0.316 e. The van der Waals surface area contributed by atoms with Gasteiger partial charge in [0.15, 0.2) is 0 Å². The van der Waals surface area contributed by atoms with Crippen molar-refractivity contribution < 1.29 is 0 Å². The minimum atomic E-state index is 0.576. The average molecular weight is 652 g/mol. The number of hydrogen-bond donors (Lipinski definition) is 0. The molecule has 0 saturated carbocycles. The van der Waals surface area contributed by atoms with Gasteiger partial charge in [-0.3, -0.25) is 0 Å². The molecule has 0 radical (unpaired) electrons. The van der Waals surface area contributed by atoms with E-state index in [9.17, 15) is 15.8 Å². The predicted molar refractivity (Wildman–Crippen MR) is 206 cm³/mol. The molecule has 9 rings (SSSR count). The Morgan fingerprint density at radius 1 is 0.549 bits per heavy atom. The van der Waals surface area contributed by atoms with Crippen molar-refractivity contribution in [3.8, 4) is 35.0 Å². The van der Waals surface area contributed by atoms with Crippen LogP contribution in [0, 0.1) is 34.0 Å². The Morgan fingerprint density at radius 2 is 1.25 bits per heavy atom. The summed E-state index contributed by atoms with van der Waals surface area (Å²) in [5, 5.41) is 32.7. The van der Waals surface area contributed by atoms with Crippen molar-refractivity contribution in [1.82, 2.24) is 9.13 Å². The van der Waals surface area contributed by atoms with Crippen LogP contribution in [-0.2, 0) is 6.42 Å². The standard InChI is InChI=1S/C46H29N5/c47-27-30-14-21-45-39(24-30)38-10-5-7-13-43(38)50(45)41-23-20-34(26-35(41)29-49)32-16-18-33(19-17-32)36-8-4-6-12-42(36)51-44-11-3-1-2-9-37(44)40-25-31(28-48)15-22-46(40)51/h1-5,7-10,13-26H,6,11-12H2. The SMILES string of the molecule is N#Cc1ccc2c(c1)c1c(n2C2=C(c3ccc(-c4ccc(-n5c6ccccc6c6cc(C#N)ccc65)c(C#N)c4)cc3)C=CCC2)CC=CC=C1. The van der Waals surface area contributed by atoms with E-state index in [1.807, 2.05) is 54.6 Å². The maximum absolute atomic E-state index is 10.4. The van der Waals surface area contributed by atoms with E-state index in [2.05, 4.69) is 112 Å². The van der Waals surface area contributed by atoms with Crippen molar-refractivity contribution >= 4 is 50.1 Å². The number of rotatable bonds is 4. The summed E-state index contributed by atoms with van der Waals surface area (Å²) in [6.07, 6.45) is 15.7. The van der Waals surface area contributed by atoms with Crippen LogP contribution in [0.25, 0.3) is 66.9 Å². The van der Waals surface area contributed by atoms with Crippen molar-refractivity contribution in [1.29, 1.82) is 15.8 Å². The van der Waals surface area contributed by atoms with Gasteiger partial charge < -0.3 is 9.13 Å². The highest BCUT2D eigenvalue weighted by Gasteiger charge is 2.22. The second-order valence-electron chi connectivity index (χ2n) is 12.9. The Hall–Kier alpha value is -7.13. The van der Waals surface area contributed by atoms with Gasteiger partial charge in [-0.05, 0) is 84.1 Å². The zero-order valence-electron chi connectivity index (χ0n) is 27.6. The predicted octanol–water partition coefficient (Wildman–Crippen LogP) is 10.9. The van der Waals surface area contributed by atoms with Gasteiger partial charge in [0.1, 0.15) is 6.07 Å². The number of benzene rings is 5. The van der Waals surface area contributed by atoms with Gasteiger partial charge in [-0.1, -0.05) is 85.0 Å². The largest absolute Gasteiger partial charge is 0.316 e. The molecule has 0 atom stereocenters. The number of nitrogens with zero attached hydrogens (tertiary/aromatic N) is 5. The zero-order valence-corrected chi connectivity index (χ0v) is 27.6. The Labute approximate surface area is 295 Å². The van der Waals surface area contributed by atoms with Gasteiger partial charge in [-0.2, -0.15) is 15.8 Å². The van der Waals surface area contributed by atoms with Crippen LogP contribution in [0.15, 0.2) is 134 Å². The van der Waals surface area contributed by atoms with Gasteiger partial charge in [0.25, 0.3) is 0 Å². The normalized spacial score (nSPS) is 13.7. The van der Waals surface area contributed by atoms with E-state index in [-0.39, 0.29) is 0 Å². The third-order valence-electron chi connectivity index (χ3n) is 10.2. The smallest absolute Gasteiger partial charge is 0.101 e. The number of fused-ring (bicyclic) bond motifs is 6. The fraction of sp³-hybridized carbons (Fsp3) is 0.0652. The van der Waals surface area contributed by atoms with Crippen molar-refractivity contribution in [2.45, 2.75) is 19.3 Å². The molecule has 0 unspecified atom stereocenters. The molecule has 0 saturated heterocycles. The molecule has 0 fully saturated rings. The van der Waals surface area contributed by atoms with Crippen LogP contribution in [0.1, 0.15) is 46.4 Å². The molecular formula is C46H29N5. The van der Waals surface area contributed by atoms with E-state index in [1.165, 1.54) is 22.5 Å². The summed E-state index contributed by atoms with van der Waals surface area (Å²) in [7, 11) is 0. The first kappa shape index (κ1) is 30.0. The van der Waals surface area contributed by atoms with E-state index < -0.39 is 0 Å². The summed E-state index contributed by atoms with van der Waals surface area (Å²) >= 11 is 0. The van der Waals surface area contributed by atoms with E-state index in [1.54, 1.807) is 0 Å². The summed E-state index contributed by atoms with van der Waals surface area (Å²) in [6, 6.07) is 41.6. The third kappa shape index (κ3) is 4.82. The Morgan fingerprint density at radius 3 is 2.04 bits per heavy atom. The maximum atomic E-state index is 10.4. The van der Waals surface area contributed by atoms with Crippen LogP contribution >= 0.6 is 0 Å². The molecule has 0 spiro atoms. The van der Waals surface area contributed by atoms with Crippen LogP contribution in [0.2, 0.25) is 0 Å². The van der Waals surface area contributed by atoms with Crippen LogP contribution in [0.5, 0.6) is 0 Å². The molecule has 5 aromatic carbocycles. The number of nitriles is 3. The maximum Gasteiger partial charge on any atom is 0.101 e. The highest BCUT2D eigenvalue weighted by molar-refractivity contribution is 6.10. The monoisotopic (exact) mass is 651 g/mol. The highest BCUT2D eigenvalue weighted by atomic mass is 15.0. The molecule has 2 heterocycles. The van der Waals surface area contributed by atoms with Crippen molar-refractivity contribution in [2.24, 2.45) is 0 Å². The number of para-hydroxylation sites is 1. The molecule has 2 aliphatic carbocycles. The van der Waals surface area contributed by atoms with Crippen LogP contribution in [0.4, 0.5) is 0 Å². The molecule has 0 bridgehead atoms. The molecule has 5 nitrogen and oxygen atoms in total. The lowest BCUT2D eigenvalue weighted by atomic mass is 9.94. The summed E-state index contributed by atoms with van der Waals surface area (Å²) < 4.78 is 4.55. The Balaban J connectivity index is 1.13. The first-order valence-corrected chi connectivity index (χ1v) is 17.1. The van der Waals surface area contributed by atoms with Crippen molar-refractivity contribution in [2.75, 3.05) is 0 Å². The van der Waals surface area contributed by atoms with Gasteiger partial charge in [-0.15, -0.1) is 0 Å². The summed E-state index contributed by atoms with van der Waals surface area (Å²) in [6.45, 7) is 0. The molecule has 0 amide bonds. The molecular weight excluding hydrogens is 623 g/mol. The summed E-state index contributed by atoms with van der Waals surface area (Å²) in [5.41, 5.74) is 13.7. The first-order valence-electron chi connectivity index (χ1n) is 17.1. The Bertz CT molecular complexity index is 2850. The molecule has 0 N–H and O–H groups in total. The van der Waals surface area contributed by atoms with Gasteiger partial charge in [0, 0.05) is 45.1 Å². The van der Waals surface area contributed by atoms with E-state index >= 15 is 0 Å². The molecule has 2 aromatic heterocycles. The van der Waals surface area contributed by atoms with E-state index in [0.717, 1.165) is 74.3 Å². The lowest BCUT2D eigenvalue weighted by Gasteiger charge is -2.21. The third-order valence-corrected chi connectivity index (χ3v) is 10.2.